The minimum absolute atomic E-state index is 0.764. The molecule has 0 amide bonds. The van der Waals surface area contributed by atoms with Crippen LogP contribution in [0.1, 0.15) is 0 Å². The fraction of sp³-hybridized carbons (Fsp3) is 0. The number of hydrogen-bond donors (Lipinski definition) is 1. The van der Waals surface area contributed by atoms with Crippen LogP contribution in [0.15, 0.2) is 22.4 Å². The van der Waals surface area contributed by atoms with Crippen LogP contribution in [0.4, 0.5) is 5.82 Å². The molecule has 0 fully saturated rings. The van der Waals surface area contributed by atoms with Crippen LogP contribution in [0.2, 0.25) is 0 Å². The molecule has 1 N–H and O–H groups in total. The first-order valence-electron chi connectivity index (χ1n) is 1.86. The molecular formula is C4H4N2Ni. The Kier molecular flexibility index (Phi) is 1.37. The number of nitrogens with zero attached hydrogens (tertiary/aromatic N) is 1. The van der Waals surface area contributed by atoms with Crippen molar-refractivity contribution in [1.29, 1.82) is 0 Å². The Morgan fingerprint density at radius 1 is 1.71 bits per heavy atom. The molecule has 0 unspecified atom stereocenters. The molecule has 1 heterocycles. The van der Waals surface area contributed by atoms with Gasteiger partial charge in [-0.3, -0.25) is 0 Å². The first-order valence-corrected chi connectivity index (χ1v) is 2.30. The summed E-state index contributed by atoms with van der Waals surface area (Å²) >= 11 is 4.10. The van der Waals surface area contributed by atoms with Crippen molar-refractivity contribution in [3.63, 3.8) is 0 Å². The summed E-state index contributed by atoms with van der Waals surface area (Å²) in [5.41, 5.74) is 0. The third-order valence-corrected chi connectivity index (χ3v) is 0.896. The molecule has 0 bridgehead atoms. The first kappa shape index (κ1) is 4.73. The van der Waals surface area contributed by atoms with E-state index < -0.39 is 0 Å². The number of rotatable bonds is 1. The van der Waals surface area contributed by atoms with Crippen LogP contribution in [0, 0.1) is 0 Å². The van der Waals surface area contributed by atoms with Crippen molar-refractivity contribution in [3.8, 4) is 0 Å². The van der Waals surface area contributed by atoms with Gasteiger partial charge < -0.3 is 0 Å². The second-order valence-electron chi connectivity index (χ2n) is 1.13. The van der Waals surface area contributed by atoms with E-state index in [2.05, 4.69) is 24.3 Å². The van der Waals surface area contributed by atoms with Gasteiger partial charge in [0.05, 0.1) is 0 Å². The zero-order valence-electron chi connectivity index (χ0n) is 3.50. The van der Waals surface area contributed by atoms with Crippen LogP contribution in [0.25, 0.3) is 0 Å². The molecule has 0 radical (unpaired) electrons. The molecule has 7 heavy (non-hydrogen) atoms. The Labute approximate surface area is 49.1 Å². The molecule has 40 valence electrons. The minimum atomic E-state index is 0.764. The van der Waals surface area contributed by atoms with Crippen LogP contribution in [-0.2, 0) is 15.3 Å². The summed E-state index contributed by atoms with van der Waals surface area (Å²) in [4.78, 5) is 2.83. The van der Waals surface area contributed by atoms with Gasteiger partial charge in [-0.2, -0.15) is 0 Å². The monoisotopic (exact) mass is 138 g/mol. The molecule has 0 spiro atoms. The number of nitrogens with one attached hydrogen (secondary N) is 1. The summed E-state index contributed by atoms with van der Waals surface area (Å²) in [5.74, 6) is 0.764. The van der Waals surface area contributed by atoms with E-state index >= 15 is 0 Å². The van der Waals surface area contributed by atoms with Gasteiger partial charge in [0, 0.05) is 0 Å². The van der Waals surface area contributed by atoms with Gasteiger partial charge >= 0.3 is 48.4 Å². The normalized spacial score (nSPS) is 8.86. The Balaban J connectivity index is 2.96. The molecule has 0 aliphatic rings. The molecule has 0 saturated heterocycles. The van der Waals surface area contributed by atoms with Crippen molar-refractivity contribution in [2.45, 2.75) is 0 Å². The number of hydrogen-bond acceptors (Lipinski definition) is 1. The van der Waals surface area contributed by atoms with Gasteiger partial charge in [0.2, 0.25) is 0 Å². The number of aromatic nitrogens is 1. The standard InChI is InChI=1S/C4H4N2.Ni/c5-4-2-1-3-6-4;/h1-3,6H;. The maximum absolute atomic E-state index is 4.10. The Morgan fingerprint density at radius 2 is 2.57 bits per heavy atom. The van der Waals surface area contributed by atoms with Crippen LogP contribution in [0.3, 0.4) is 0 Å². The van der Waals surface area contributed by atoms with Gasteiger partial charge in [0.15, 0.2) is 0 Å². The van der Waals surface area contributed by atoms with E-state index in [1.807, 2.05) is 12.1 Å². The van der Waals surface area contributed by atoms with Crippen LogP contribution >= 0.6 is 0 Å². The van der Waals surface area contributed by atoms with Gasteiger partial charge in [-0.15, -0.1) is 0 Å². The summed E-state index contributed by atoms with van der Waals surface area (Å²) in [7, 11) is 0. The van der Waals surface area contributed by atoms with Crippen LogP contribution in [0.5, 0.6) is 0 Å². The van der Waals surface area contributed by atoms with Gasteiger partial charge in [0.25, 0.3) is 0 Å². The van der Waals surface area contributed by atoms with Crippen molar-refractivity contribution in [2.24, 2.45) is 4.03 Å². The van der Waals surface area contributed by atoms with Crippen molar-refractivity contribution in [1.82, 2.24) is 4.98 Å². The summed E-state index contributed by atoms with van der Waals surface area (Å²) in [6.45, 7) is 0. The molecule has 0 saturated carbocycles. The summed E-state index contributed by atoms with van der Waals surface area (Å²) < 4.78 is 3.50. The molecule has 0 aromatic carbocycles. The Hall–Kier alpha value is -0.426. The van der Waals surface area contributed by atoms with Gasteiger partial charge in [-0.05, 0) is 0 Å². The Bertz CT molecular complexity index is 145. The van der Waals surface area contributed by atoms with Crippen LogP contribution < -0.4 is 0 Å². The average molecular weight is 139 g/mol. The molecule has 0 aliphatic heterocycles. The molecule has 1 aromatic rings. The third-order valence-electron chi connectivity index (χ3n) is 0.658. The summed E-state index contributed by atoms with van der Waals surface area (Å²) in [6, 6.07) is 3.68. The van der Waals surface area contributed by atoms with E-state index in [-0.39, 0.29) is 0 Å². The van der Waals surface area contributed by atoms with Crippen molar-refractivity contribution < 1.29 is 15.3 Å². The van der Waals surface area contributed by atoms with E-state index in [1.165, 1.54) is 0 Å². The average Bonchev–Trinajstić information content (AvgIpc) is 2.14. The quantitative estimate of drug-likeness (QED) is 0.569. The first-order chi connectivity index (χ1) is 3.43. The number of H-pyrrole nitrogens is 1. The van der Waals surface area contributed by atoms with Crippen molar-refractivity contribution in [2.75, 3.05) is 0 Å². The molecule has 0 atom stereocenters. The van der Waals surface area contributed by atoms with E-state index in [4.69, 9.17) is 0 Å². The van der Waals surface area contributed by atoms with E-state index in [0.29, 0.717) is 0 Å². The second kappa shape index (κ2) is 2.03. The Morgan fingerprint density at radius 3 is 2.86 bits per heavy atom. The third kappa shape index (κ3) is 0.968. The number of aromatic amines is 1. The topological polar surface area (TPSA) is 28.1 Å². The van der Waals surface area contributed by atoms with Crippen LogP contribution in [-0.4, -0.2) is 4.98 Å². The second-order valence-corrected chi connectivity index (χ2v) is 1.35. The zero-order chi connectivity index (χ0) is 5.11. The molecule has 2 nitrogen and oxygen atoms in total. The molecule has 3 heteroatoms. The summed E-state index contributed by atoms with van der Waals surface area (Å²) in [6.07, 6.45) is 1.79. The van der Waals surface area contributed by atoms with Crippen molar-refractivity contribution in [3.05, 3.63) is 18.3 Å². The molecule has 1 rings (SSSR count). The molecule has 1 aromatic heterocycles. The zero-order valence-corrected chi connectivity index (χ0v) is 4.48. The van der Waals surface area contributed by atoms with Gasteiger partial charge in [-0.1, -0.05) is 0 Å². The van der Waals surface area contributed by atoms with E-state index in [0.717, 1.165) is 5.82 Å². The van der Waals surface area contributed by atoms with Gasteiger partial charge in [-0.25, -0.2) is 0 Å². The SMILES string of the molecule is [Ni]=[N]c1ccc[nH]1. The summed E-state index contributed by atoms with van der Waals surface area (Å²) in [5, 5.41) is 0. The predicted octanol–water partition coefficient (Wildman–Crippen LogP) is 1.38. The predicted molar refractivity (Wildman–Crippen MR) is 22.9 cm³/mol. The van der Waals surface area contributed by atoms with E-state index in [1.54, 1.807) is 6.20 Å². The van der Waals surface area contributed by atoms with Gasteiger partial charge in [0.1, 0.15) is 0 Å². The fourth-order valence-corrected chi connectivity index (χ4v) is 0.502. The molecule has 0 aliphatic carbocycles. The fourth-order valence-electron chi connectivity index (χ4n) is 0.365. The van der Waals surface area contributed by atoms with E-state index in [9.17, 15) is 0 Å². The molecular weight excluding hydrogens is 135 g/mol. The van der Waals surface area contributed by atoms with Crippen molar-refractivity contribution >= 4 is 5.82 Å². The maximum atomic E-state index is 4.10.